The van der Waals surface area contributed by atoms with Crippen molar-refractivity contribution < 1.29 is 0 Å². The van der Waals surface area contributed by atoms with Gasteiger partial charge in [0.25, 0.3) is 0 Å². The summed E-state index contributed by atoms with van der Waals surface area (Å²) in [6.07, 6.45) is 7.04. The Bertz CT molecular complexity index is 368. The Kier molecular flexibility index (Phi) is 3.73. The minimum atomic E-state index is 0.453. The second kappa shape index (κ2) is 5.32. The van der Waals surface area contributed by atoms with Crippen LogP contribution in [-0.2, 0) is 6.54 Å². The monoisotopic (exact) mass is 264 g/mol. The highest BCUT2D eigenvalue weighted by Crippen LogP contribution is 2.36. The summed E-state index contributed by atoms with van der Waals surface area (Å²) in [5, 5.41) is 5.92. The van der Waals surface area contributed by atoms with Crippen molar-refractivity contribution in [3.05, 3.63) is 22.4 Å². The maximum absolute atomic E-state index is 3.71. The maximum atomic E-state index is 3.71. The van der Waals surface area contributed by atoms with Crippen LogP contribution in [-0.4, -0.2) is 29.6 Å². The third-order valence-corrected chi connectivity index (χ3v) is 5.52. The van der Waals surface area contributed by atoms with Crippen molar-refractivity contribution in [2.45, 2.75) is 57.2 Å². The molecule has 2 aliphatic rings. The number of rotatable bonds is 2. The fourth-order valence-corrected chi connectivity index (χ4v) is 4.31. The molecule has 2 fully saturated rings. The molecule has 18 heavy (non-hydrogen) atoms. The van der Waals surface area contributed by atoms with E-state index in [1.807, 2.05) is 11.3 Å². The van der Waals surface area contributed by atoms with Crippen LogP contribution < -0.4 is 5.32 Å². The molecule has 0 bridgehead atoms. The van der Waals surface area contributed by atoms with E-state index in [0.29, 0.717) is 11.6 Å². The fourth-order valence-electron chi connectivity index (χ4n) is 3.59. The lowest BCUT2D eigenvalue weighted by Gasteiger charge is -2.51. The molecular weight excluding hydrogens is 240 g/mol. The number of nitrogens with one attached hydrogen (secondary N) is 1. The van der Waals surface area contributed by atoms with Crippen LogP contribution >= 0.6 is 11.3 Å². The zero-order chi connectivity index (χ0) is 12.4. The predicted molar refractivity (Wildman–Crippen MR) is 78.0 cm³/mol. The molecule has 2 heterocycles. The Morgan fingerprint density at radius 3 is 2.94 bits per heavy atom. The lowest BCUT2D eigenvalue weighted by molar-refractivity contribution is 0.00692. The first kappa shape index (κ1) is 12.6. The second-order valence-corrected chi connectivity index (χ2v) is 7.06. The summed E-state index contributed by atoms with van der Waals surface area (Å²) in [6, 6.07) is 5.10. The summed E-state index contributed by atoms with van der Waals surface area (Å²) in [4.78, 5) is 4.30. The van der Waals surface area contributed by atoms with Gasteiger partial charge in [0.1, 0.15) is 0 Å². The normalized spacial score (nSPS) is 28.6. The topological polar surface area (TPSA) is 15.3 Å². The first-order valence-electron chi connectivity index (χ1n) is 7.29. The molecule has 0 aromatic carbocycles. The summed E-state index contributed by atoms with van der Waals surface area (Å²) < 4.78 is 0. The highest BCUT2D eigenvalue weighted by atomic mass is 32.1. The van der Waals surface area contributed by atoms with Gasteiger partial charge < -0.3 is 5.32 Å². The van der Waals surface area contributed by atoms with E-state index in [2.05, 4.69) is 34.7 Å². The zero-order valence-electron chi connectivity index (χ0n) is 11.3. The van der Waals surface area contributed by atoms with Crippen molar-refractivity contribution in [3.8, 4) is 0 Å². The molecule has 1 N–H and O–H groups in total. The van der Waals surface area contributed by atoms with Crippen molar-refractivity contribution in [2.75, 3.05) is 13.1 Å². The van der Waals surface area contributed by atoms with E-state index in [4.69, 9.17) is 0 Å². The van der Waals surface area contributed by atoms with Crippen molar-refractivity contribution in [1.82, 2.24) is 10.2 Å². The molecule has 1 spiro atoms. The number of nitrogens with zero attached hydrogens (tertiary/aromatic N) is 1. The second-order valence-electron chi connectivity index (χ2n) is 6.03. The van der Waals surface area contributed by atoms with Gasteiger partial charge in [-0.1, -0.05) is 25.3 Å². The van der Waals surface area contributed by atoms with Crippen molar-refractivity contribution in [3.63, 3.8) is 0 Å². The first-order chi connectivity index (χ1) is 8.78. The number of thiophene rings is 1. The Balaban J connectivity index is 1.77. The highest BCUT2D eigenvalue weighted by molar-refractivity contribution is 7.09. The standard InChI is InChI=1S/C15H24N2S/c1-13-10-17(11-14-6-5-9-18-14)15(12-16-13)7-3-2-4-8-15/h5-6,9,13,16H,2-4,7-8,10-12H2,1H3. The Morgan fingerprint density at radius 2 is 2.22 bits per heavy atom. The van der Waals surface area contributed by atoms with E-state index in [0.717, 1.165) is 6.54 Å². The third kappa shape index (κ3) is 2.49. The average molecular weight is 264 g/mol. The van der Waals surface area contributed by atoms with Crippen LogP contribution in [0, 0.1) is 0 Å². The van der Waals surface area contributed by atoms with Crippen LogP contribution in [0.5, 0.6) is 0 Å². The van der Waals surface area contributed by atoms with Crippen LogP contribution in [0.15, 0.2) is 17.5 Å². The van der Waals surface area contributed by atoms with Crippen LogP contribution in [0.3, 0.4) is 0 Å². The number of piperazine rings is 1. The summed E-state index contributed by atoms with van der Waals surface area (Å²) in [7, 11) is 0. The predicted octanol–water partition coefficient (Wildman–Crippen LogP) is 3.24. The van der Waals surface area contributed by atoms with Gasteiger partial charge in [0.15, 0.2) is 0 Å². The molecule has 0 amide bonds. The van der Waals surface area contributed by atoms with Gasteiger partial charge in [0, 0.05) is 36.1 Å². The van der Waals surface area contributed by atoms with Crippen molar-refractivity contribution >= 4 is 11.3 Å². The number of hydrogen-bond donors (Lipinski definition) is 1. The first-order valence-corrected chi connectivity index (χ1v) is 8.17. The summed E-state index contributed by atoms with van der Waals surface area (Å²) in [5.41, 5.74) is 0.453. The molecule has 0 radical (unpaired) electrons. The van der Waals surface area contributed by atoms with E-state index >= 15 is 0 Å². The smallest absolute Gasteiger partial charge is 0.0338 e. The van der Waals surface area contributed by atoms with Crippen LogP contribution in [0.4, 0.5) is 0 Å². The van der Waals surface area contributed by atoms with Crippen LogP contribution in [0.2, 0.25) is 0 Å². The summed E-state index contributed by atoms with van der Waals surface area (Å²) in [5.74, 6) is 0. The van der Waals surface area contributed by atoms with E-state index < -0.39 is 0 Å². The molecule has 3 rings (SSSR count). The summed E-state index contributed by atoms with van der Waals surface area (Å²) in [6.45, 7) is 5.87. The van der Waals surface area contributed by atoms with Crippen LogP contribution in [0.1, 0.15) is 43.9 Å². The molecule has 1 saturated carbocycles. The van der Waals surface area contributed by atoms with Gasteiger partial charge in [0.05, 0.1) is 0 Å². The average Bonchev–Trinajstić information content (AvgIpc) is 2.89. The molecule has 1 aliphatic carbocycles. The molecule has 1 aromatic heterocycles. The molecule has 1 saturated heterocycles. The summed E-state index contributed by atoms with van der Waals surface area (Å²) >= 11 is 1.90. The van der Waals surface area contributed by atoms with Gasteiger partial charge in [-0.15, -0.1) is 11.3 Å². The Labute approximate surface area is 114 Å². The highest BCUT2D eigenvalue weighted by Gasteiger charge is 2.41. The minimum Gasteiger partial charge on any atom is -0.311 e. The molecule has 1 aliphatic heterocycles. The van der Waals surface area contributed by atoms with E-state index in [1.54, 1.807) is 0 Å². The molecular formula is C15H24N2S. The largest absolute Gasteiger partial charge is 0.311 e. The van der Waals surface area contributed by atoms with Crippen molar-refractivity contribution in [2.24, 2.45) is 0 Å². The molecule has 1 aromatic rings. The van der Waals surface area contributed by atoms with Crippen molar-refractivity contribution in [1.29, 1.82) is 0 Å². The molecule has 2 nitrogen and oxygen atoms in total. The molecule has 1 atom stereocenters. The molecule has 1 unspecified atom stereocenters. The quantitative estimate of drug-likeness (QED) is 0.882. The third-order valence-electron chi connectivity index (χ3n) is 4.66. The van der Waals surface area contributed by atoms with Gasteiger partial charge in [-0.25, -0.2) is 0 Å². The molecule has 100 valence electrons. The lowest BCUT2D eigenvalue weighted by Crippen LogP contribution is -2.64. The molecule has 3 heteroatoms. The van der Waals surface area contributed by atoms with Gasteiger partial charge in [0.2, 0.25) is 0 Å². The fraction of sp³-hybridized carbons (Fsp3) is 0.733. The van der Waals surface area contributed by atoms with E-state index in [9.17, 15) is 0 Å². The SMILES string of the molecule is CC1CN(Cc2cccs2)C2(CCCCC2)CN1. The minimum absolute atomic E-state index is 0.453. The van der Waals surface area contributed by atoms with Gasteiger partial charge in [-0.3, -0.25) is 4.90 Å². The number of hydrogen-bond acceptors (Lipinski definition) is 3. The Morgan fingerprint density at radius 1 is 1.39 bits per heavy atom. The van der Waals surface area contributed by atoms with E-state index in [1.165, 1.54) is 50.1 Å². The van der Waals surface area contributed by atoms with Gasteiger partial charge in [-0.05, 0) is 31.2 Å². The van der Waals surface area contributed by atoms with Gasteiger partial charge in [-0.2, -0.15) is 0 Å². The Hall–Kier alpha value is -0.380. The van der Waals surface area contributed by atoms with Crippen LogP contribution in [0.25, 0.3) is 0 Å². The van der Waals surface area contributed by atoms with Gasteiger partial charge >= 0.3 is 0 Å². The maximum Gasteiger partial charge on any atom is 0.0338 e. The van der Waals surface area contributed by atoms with E-state index in [-0.39, 0.29) is 0 Å². The zero-order valence-corrected chi connectivity index (χ0v) is 12.1. The lowest BCUT2D eigenvalue weighted by atomic mass is 9.78.